The molecule has 26 heavy (non-hydrogen) atoms. The van der Waals surface area contributed by atoms with Crippen molar-refractivity contribution in [1.82, 2.24) is 9.55 Å². The molecule has 0 fully saturated rings. The van der Waals surface area contributed by atoms with Crippen LogP contribution in [0.2, 0.25) is 0 Å². The Morgan fingerprint density at radius 2 is 1.85 bits per heavy atom. The summed E-state index contributed by atoms with van der Waals surface area (Å²) >= 11 is 0. The minimum absolute atomic E-state index is 0.209. The van der Waals surface area contributed by atoms with Crippen LogP contribution in [-0.4, -0.2) is 20.4 Å². The zero-order valence-corrected chi connectivity index (χ0v) is 13.5. The largest absolute Gasteiger partial charge is 0.416 e. The maximum atomic E-state index is 13.3. The third-order valence-electron chi connectivity index (χ3n) is 4.26. The highest BCUT2D eigenvalue weighted by molar-refractivity contribution is 6.15. The molecule has 132 valence electrons. The first kappa shape index (κ1) is 16.5. The van der Waals surface area contributed by atoms with Crippen LogP contribution in [0.25, 0.3) is 5.69 Å². The van der Waals surface area contributed by atoms with E-state index < -0.39 is 11.7 Å². The van der Waals surface area contributed by atoms with E-state index in [-0.39, 0.29) is 13.2 Å². The predicted octanol–water partition coefficient (Wildman–Crippen LogP) is 3.73. The third kappa shape index (κ3) is 2.80. The van der Waals surface area contributed by atoms with Crippen molar-refractivity contribution >= 4 is 5.71 Å². The number of aliphatic hydroxyl groups excluding tert-OH is 1. The monoisotopic (exact) mass is 357 g/mol. The number of halogens is 3. The highest BCUT2D eigenvalue weighted by atomic mass is 19.4. The van der Waals surface area contributed by atoms with Crippen LogP contribution in [0.4, 0.5) is 13.2 Å². The summed E-state index contributed by atoms with van der Waals surface area (Å²) in [7, 11) is 0. The second-order valence-corrected chi connectivity index (χ2v) is 5.94. The number of rotatable bonds is 2. The summed E-state index contributed by atoms with van der Waals surface area (Å²) in [6, 6.07) is 12.7. The smallest absolute Gasteiger partial charge is 0.390 e. The highest BCUT2D eigenvalue weighted by Gasteiger charge is 2.32. The SMILES string of the molecule is OCc1cn2c(n1)CN=C(c1ccccc1)c1cc(C(F)(F)F)ccc1-2. The van der Waals surface area contributed by atoms with Crippen molar-refractivity contribution in [3.63, 3.8) is 0 Å². The van der Waals surface area contributed by atoms with Crippen LogP contribution in [0.3, 0.4) is 0 Å². The molecule has 0 saturated carbocycles. The number of imidazole rings is 1. The first-order valence-electron chi connectivity index (χ1n) is 7.97. The highest BCUT2D eigenvalue weighted by Crippen LogP contribution is 2.34. The van der Waals surface area contributed by atoms with E-state index in [1.54, 1.807) is 10.8 Å². The summed E-state index contributed by atoms with van der Waals surface area (Å²) < 4.78 is 41.4. The van der Waals surface area contributed by atoms with Crippen molar-refractivity contribution in [2.45, 2.75) is 19.3 Å². The van der Waals surface area contributed by atoms with Crippen molar-refractivity contribution in [2.75, 3.05) is 0 Å². The Bertz CT molecular complexity index is 991. The van der Waals surface area contributed by atoms with Crippen LogP contribution in [0.5, 0.6) is 0 Å². The molecule has 0 saturated heterocycles. The van der Waals surface area contributed by atoms with Gasteiger partial charge in [0, 0.05) is 17.3 Å². The van der Waals surface area contributed by atoms with E-state index in [9.17, 15) is 18.3 Å². The fourth-order valence-electron chi connectivity index (χ4n) is 3.06. The molecule has 7 heteroatoms. The number of fused-ring (bicyclic) bond motifs is 3. The topological polar surface area (TPSA) is 50.4 Å². The normalized spacial score (nSPS) is 13.6. The van der Waals surface area contributed by atoms with Crippen molar-refractivity contribution in [3.05, 3.63) is 82.9 Å². The molecular weight excluding hydrogens is 343 g/mol. The number of hydrogen-bond acceptors (Lipinski definition) is 3. The number of benzene rings is 2. The van der Waals surface area contributed by atoms with Crippen molar-refractivity contribution in [1.29, 1.82) is 0 Å². The van der Waals surface area contributed by atoms with Crippen molar-refractivity contribution in [3.8, 4) is 5.69 Å². The average molecular weight is 357 g/mol. The molecule has 1 aliphatic rings. The number of alkyl halides is 3. The van der Waals surface area contributed by atoms with Gasteiger partial charge in [-0.25, -0.2) is 4.98 Å². The van der Waals surface area contributed by atoms with E-state index >= 15 is 0 Å². The van der Waals surface area contributed by atoms with Gasteiger partial charge in [0.05, 0.1) is 35.8 Å². The van der Waals surface area contributed by atoms with E-state index in [1.807, 2.05) is 30.3 Å². The van der Waals surface area contributed by atoms with E-state index in [1.165, 1.54) is 6.07 Å². The van der Waals surface area contributed by atoms with Crippen LogP contribution in [0.15, 0.2) is 59.7 Å². The van der Waals surface area contributed by atoms with Crippen LogP contribution in [-0.2, 0) is 19.3 Å². The summed E-state index contributed by atoms with van der Waals surface area (Å²) in [4.78, 5) is 8.84. The van der Waals surface area contributed by atoms with Gasteiger partial charge in [-0.1, -0.05) is 30.3 Å². The maximum Gasteiger partial charge on any atom is 0.416 e. The van der Waals surface area contributed by atoms with E-state index in [0.29, 0.717) is 28.5 Å². The summed E-state index contributed by atoms with van der Waals surface area (Å²) in [5, 5.41) is 9.33. The summed E-state index contributed by atoms with van der Waals surface area (Å²) in [5.74, 6) is 0.570. The van der Waals surface area contributed by atoms with E-state index in [0.717, 1.165) is 17.7 Å². The summed E-state index contributed by atoms with van der Waals surface area (Å²) in [6.07, 6.45) is -2.82. The fourth-order valence-corrected chi connectivity index (χ4v) is 3.06. The van der Waals surface area contributed by atoms with Crippen molar-refractivity contribution in [2.24, 2.45) is 4.99 Å². The second kappa shape index (κ2) is 6.10. The zero-order chi connectivity index (χ0) is 18.3. The quantitative estimate of drug-likeness (QED) is 0.760. The standard InChI is InChI=1S/C19H14F3N3O/c20-19(21,22)13-6-7-16-15(8-13)18(12-4-2-1-3-5-12)23-9-17-24-14(11-26)10-25(16)17/h1-8,10,26H,9,11H2. The molecule has 4 nitrogen and oxygen atoms in total. The lowest BCUT2D eigenvalue weighted by atomic mass is 9.98. The van der Waals surface area contributed by atoms with Gasteiger partial charge in [-0.15, -0.1) is 0 Å². The van der Waals surface area contributed by atoms with Gasteiger partial charge in [-0.3, -0.25) is 4.99 Å². The number of aromatic nitrogens is 2. The van der Waals surface area contributed by atoms with Crippen LogP contribution in [0, 0.1) is 0 Å². The first-order chi connectivity index (χ1) is 12.5. The van der Waals surface area contributed by atoms with Gasteiger partial charge in [0.25, 0.3) is 0 Å². The van der Waals surface area contributed by atoms with Gasteiger partial charge < -0.3 is 9.67 Å². The predicted molar refractivity (Wildman–Crippen MR) is 90.3 cm³/mol. The number of aliphatic hydroxyl groups is 1. The Hall–Kier alpha value is -2.93. The van der Waals surface area contributed by atoms with Gasteiger partial charge in [0.2, 0.25) is 0 Å². The average Bonchev–Trinajstić information content (AvgIpc) is 2.99. The van der Waals surface area contributed by atoms with E-state index in [2.05, 4.69) is 9.98 Å². The Kier molecular flexibility index (Phi) is 3.88. The van der Waals surface area contributed by atoms with Gasteiger partial charge in [-0.05, 0) is 18.2 Å². The molecule has 3 aromatic rings. The molecule has 1 aliphatic heterocycles. The molecule has 0 amide bonds. The molecule has 0 spiro atoms. The molecule has 2 heterocycles. The van der Waals surface area contributed by atoms with Crippen LogP contribution in [0.1, 0.15) is 28.2 Å². The third-order valence-corrected chi connectivity index (χ3v) is 4.26. The molecule has 2 aromatic carbocycles. The number of aliphatic imine (C=N–C) groups is 1. The second-order valence-electron chi connectivity index (χ2n) is 5.94. The first-order valence-corrected chi connectivity index (χ1v) is 7.97. The molecule has 0 aliphatic carbocycles. The Labute approximate surface area is 147 Å². The van der Waals surface area contributed by atoms with Crippen LogP contribution >= 0.6 is 0 Å². The molecule has 0 radical (unpaired) electrons. The lowest BCUT2D eigenvalue weighted by molar-refractivity contribution is -0.137. The summed E-state index contributed by atoms with van der Waals surface area (Å²) in [5.41, 5.74) is 1.88. The lowest BCUT2D eigenvalue weighted by Crippen LogP contribution is -2.11. The minimum atomic E-state index is -4.45. The fraction of sp³-hybridized carbons (Fsp3) is 0.158. The maximum absolute atomic E-state index is 13.3. The molecule has 0 atom stereocenters. The Morgan fingerprint density at radius 1 is 1.08 bits per heavy atom. The zero-order valence-electron chi connectivity index (χ0n) is 13.5. The molecule has 1 N–H and O–H groups in total. The molecular formula is C19H14F3N3O. The van der Waals surface area contributed by atoms with Gasteiger partial charge in [-0.2, -0.15) is 13.2 Å². The van der Waals surface area contributed by atoms with Gasteiger partial charge in [0.1, 0.15) is 5.82 Å². The van der Waals surface area contributed by atoms with Crippen molar-refractivity contribution < 1.29 is 18.3 Å². The summed E-state index contributed by atoms with van der Waals surface area (Å²) in [6.45, 7) is -0.0362. The Morgan fingerprint density at radius 3 is 2.54 bits per heavy atom. The molecule has 1 aromatic heterocycles. The molecule has 4 rings (SSSR count). The Balaban J connectivity index is 1.97. The minimum Gasteiger partial charge on any atom is -0.390 e. The van der Waals surface area contributed by atoms with Crippen LogP contribution < -0.4 is 0 Å². The van der Waals surface area contributed by atoms with E-state index in [4.69, 9.17) is 0 Å². The lowest BCUT2D eigenvalue weighted by Gasteiger charge is -2.15. The number of nitrogens with zero attached hydrogens (tertiary/aromatic N) is 3. The van der Waals surface area contributed by atoms with Gasteiger partial charge in [0.15, 0.2) is 0 Å². The molecule has 0 bridgehead atoms. The van der Waals surface area contributed by atoms with Gasteiger partial charge >= 0.3 is 6.18 Å². The number of hydrogen-bond donors (Lipinski definition) is 1. The molecule has 0 unspecified atom stereocenters.